The summed E-state index contributed by atoms with van der Waals surface area (Å²) >= 11 is 0. The topological polar surface area (TPSA) is 13.1 Å². The molecule has 0 bridgehead atoms. The maximum absolute atomic E-state index is 5.12. The first-order valence-electron chi connectivity index (χ1n) is 4.38. The summed E-state index contributed by atoms with van der Waals surface area (Å²) in [6.07, 6.45) is 5.70. The van der Waals surface area contributed by atoms with Crippen LogP contribution in [-0.2, 0) is 0 Å². The van der Waals surface area contributed by atoms with Gasteiger partial charge in [-0.1, -0.05) is 30.4 Å². The highest BCUT2D eigenvalue weighted by Gasteiger charge is 1.89. The maximum atomic E-state index is 5.12. The second-order valence-electron chi connectivity index (χ2n) is 2.63. The molecule has 1 heteroatoms. The molecule has 0 N–H and O–H groups in total. The number of hydrogen-bond donors (Lipinski definition) is 0. The lowest BCUT2D eigenvalue weighted by molar-refractivity contribution is 0.616. The number of allylic oxidation sites excluding steroid dienone is 2. The summed E-state index contributed by atoms with van der Waals surface area (Å²) in [6, 6.07) is 9.90. The summed E-state index contributed by atoms with van der Waals surface area (Å²) in [5.74, 6) is 0. The van der Waals surface area contributed by atoms with Gasteiger partial charge in [-0.2, -0.15) is 0 Å². The van der Waals surface area contributed by atoms with Gasteiger partial charge < -0.3 is 4.42 Å². The zero-order valence-corrected chi connectivity index (χ0v) is 8.03. The molecule has 1 heterocycles. The van der Waals surface area contributed by atoms with Crippen molar-refractivity contribution in [2.45, 2.75) is 13.8 Å². The summed E-state index contributed by atoms with van der Waals surface area (Å²) in [4.78, 5) is 0. The fourth-order valence-corrected chi connectivity index (χ4v) is 0.906. The van der Waals surface area contributed by atoms with E-state index in [1.807, 2.05) is 56.3 Å². The van der Waals surface area contributed by atoms with E-state index in [1.54, 1.807) is 6.26 Å². The van der Waals surface area contributed by atoms with Gasteiger partial charge in [0.05, 0.1) is 6.26 Å². The Morgan fingerprint density at radius 3 is 2.31 bits per heavy atom. The molecule has 0 spiro atoms. The van der Waals surface area contributed by atoms with Crippen LogP contribution in [0.1, 0.15) is 13.8 Å². The highest BCUT2D eigenvalue weighted by molar-refractivity contribution is 5.76. The minimum atomic E-state index is 0.956. The zero-order chi connectivity index (χ0) is 9.52. The Kier molecular flexibility index (Phi) is 3.83. The van der Waals surface area contributed by atoms with E-state index in [1.165, 1.54) is 0 Å². The quantitative estimate of drug-likeness (QED) is 0.550. The Hall–Kier alpha value is -1.50. The predicted octanol–water partition coefficient (Wildman–Crippen LogP) is 4.02. The lowest BCUT2D eigenvalue weighted by Crippen LogP contribution is -1.57. The lowest BCUT2D eigenvalue weighted by Gasteiger charge is -1.81. The molecule has 0 aliphatic carbocycles. The largest absolute Gasteiger partial charge is 0.464 e. The Balaban J connectivity index is 0.000000184. The molecule has 1 aromatic carbocycles. The highest BCUT2D eigenvalue weighted by atomic mass is 16.3. The second kappa shape index (κ2) is 5.20. The Labute approximate surface area is 78.7 Å². The van der Waals surface area contributed by atoms with Crippen LogP contribution in [0.5, 0.6) is 0 Å². The maximum Gasteiger partial charge on any atom is 0.133 e. The normalized spacial score (nSPS) is 10.0. The molecule has 0 fully saturated rings. The van der Waals surface area contributed by atoms with Crippen molar-refractivity contribution in [2.75, 3.05) is 0 Å². The molecular weight excluding hydrogens is 160 g/mol. The SMILES string of the molecule is CC=CC.c1ccc2occc2c1. The van der Waals surface area contributed by atoms with Gasteiger partial charge in [-0.05, 0) is 26.0 Å². The molecule has 0 saturated heterocycles. The molecular formula is C12H14O. The molecule has 1 aromatic heterocycles. The van der Waals surface area contributed by atoms with Crippen LogP contribution in [0.3, 0.4) is 0 Å². The minimum absolute atomic E-state index is 0.956. The van der Waals surface area contributed by atoms with Crippen LogP contribution in [0.4, 0.5) is 0 Å². The third-order valence-electron chi connectivity index (χ3n) is 1.69. The predicted molar refractivity (Wildman–Crippen MR) is 56.7 cm³/mol. The van der Waals surface area contributed by atoms with E-state index in [0.717, 1.165) is 11.0 Å². The summed E-state index contributed by atoms with van der Waals surface area (Å²) < 4.78 is 5.12. The van der Waals surface area contributed by atoms with E-state index < -0.39 is 0 Å². The number of furan rings is 1. The van der Waals surface area contributed by atoms with E-state index in [0.29, 0.717) is 0 Å². The lowest BCUT2D eigenvalue weighted by atomic mass is 10.3. The van der Waals surface area contributed by atoms with Gasteiger partial charge >= 0.3 is 0 Å². The molecule has 68 valence electrons. The van der Waals surface area contributed by atoms with Crippen molar-refractivity contribution in [3.05, 3.63) is 48.7 Å². The highest BCUT2D eigenvalue weighted by Crippen LogP contribution is 2.12. The fourth-order valence-electron chi connectivity index (χ4n) is 0.906. The third-order valence-corrected chi connectivity index (χ3v) is 1.69. The number of benzene rings is 1. The molecule has 0 amide bonds. The van der Waals surface area contributed by atoms with E-state index in [2.05, 4.69) is 0 Å². The molecule has 1 nitrogen and oxygen atoms in total. The first kappa shape index (κ1) is 9.59. The van der Waals surface area contributed by atoms with Gasteiger partial charge in [-0.3, -0.25) is 0 Å². The average molecular weight is 174 g/mol. The van der Waals surface area contributed by atoms with Crippen molar-refractivity contribution in [1.82, 2.24) is 0 Å². The molecule has 0 atom stereocenters. The molecule has 0 radical (unpaired) electrons. The number of para-hydroxylation sites is 1. The zero-order valence-electron chi connectivity index (χ0n) is 8.03. The molecule has 0 aliphatic heterocycles. The molecule has 13 heavy (non-hydrogen) atoms. The second-order valence-corrected chi connectivity index (χ2v) is 2.63. The monoisotopic (exact) mass is 174 g/mol. The van der Waals surface area contributed by atoms with Gasteiger partial charge in [0.25, 0.3) is 0 Å². The van der Waals surface area contributed by atoms with Gasteiger partial charge in [0.1, 0.15) is 5.58 Å². The van der Waals surface area contributed by atoms with Gasteiger partial charge in [0, 0.05) is 5.39 Å². The molecule has 0 aliphatic rings. The number of hydrogen-bond acceptors (Lipinski definition) is 1. The van der Waals surface area contributed by atoms with Crippen LogP contribution in [-0.4, -0.2) is 0 Å². The van der Waals surface area contributed by atoms with Gasteiger partial charge in [0.2, 0.25) is 0 Å². The Morgan fingerprint density at radius 1 is 1.00 bits per heavy atom. The van der Waals surface area contributed by atoms with Gasteiger partial charge in [-0.25, -0.2) is 0 Å². The van der Waals surface area contributed by atoms with Gasteiger partial charge in [0.15, 0.2) is 0 Å². The van der Waals surface area contributed by atoms with Crippen molar-refractivity contribution in [1.29, 1.82) is 0 Å². The first-order valence-corrected chi connectivity index (χ1v) is 4.38. The van der Waals surface area contributed by atoms with Crippen LogP contribution in [0, 0.1) is 0 Å². The fraction of sp³-hybridized carbons (Fsp3) is 0.167. The van der Waals surface area contributed by atoms with E-state index in [4.69, 9.17) is 4.42 Å². The Bertz CT molecular complexity index is 337. The number of rotatable bonds is 0. The van der Waals surface area contributed by atoms with Crippen molar-refractivity contribution >= 4 is 11.0 Å². The average Bonchev–Trinajstić information content (AvgIpc) is 2.66. The van der Waals surface area contributed by atoms with Crippen LogP contribution in [0.2, 0.25) is 0 Å². The summed E-state index contributed by atoms with van der Waals surface area (Å²) in [5, 5.41) is 1.16. The molecule has 0 saturated carbocycles. The molecule has 0 unspecified atom stereocenters. The number of fused-ring (bicyclic) bond motifs is 1. The van der Waals surface area contributed by atoms with E-state index in [9.17, 15) is 0 Å². The van der Waals surface area contributed by atoms with Crippen molar-refractivity contribution < 1.29 is 4.42 Å². The third kappa shape index (κ3) is 2.79. The standard InChI is InChI=1S/C8H6O.C4H8/c1-2-4-8-7(3-1)5-6-9-8;1-3-4-2/h1-6H;3-4H,1-2H3. The van der Waals surface area contributed by atoms with Gasteiger partial charge in [-0.15, -0.1) is 0 Å². The Morgan fingerprint density at radius 2 is 1.69 bits per heavy atom. The van der Waals surface area contributed by atoms with Crippen LogP contribution in [0.25, 0.3) is 11.0 Å². The summed E-state index contributed by atoms with van der Waals surface area (Å²) in [7, 11) is 0. The molecule has 2 rings (SSSR count). The van der Waals surface area contributed by atoms with Crippen molar-refractivity contribution in [3.63, 3.8) is 0 Å². The molecule has 2 aromatic rings. The summed E-state index contributed by atoms with van der Waals surface area (Å²) in [6.45, 7) is 4.00. The van der Waals surface area contributed by atoms with Crippen LogP contribution >= 0.6 is 0 Å². The van der Waals surface area contributed by atoms with E-state index in [-0.39, 0.29) is 0 Å². The van der Waals surface area contributed by atoms with Crippen molar-refractivity contribution in [3.8, 4) is 0 Å². The smallest absolute Gasteiger partial charge is 0.133 e. The first-order chi connectivity index (χ1) is 6.38. The minimum Gasteiger partial charge on any atom is -0.464 e. The van der Waals surface area contributed by atoms with Crippen molar-refractivity contribution in [2.24, 2.45) is 0 Å². The van der Waals surface area contributed by atoms with E-state index >= 15 is 0 Å². The van der Waals surface area contributed by atoms with Crippen LogP contribution < -0.4 is 0 Å². The summed E-state index contributed by atoms with van der Waals surface area (Å²) in [5.41, 5.74) is 0.956. The van der Waals surface area contributed by atoms with Crippen LogP contribution in [0.15, 0.2) is 53.2 Å².